The van der Waals surface area contributed by atoms with Crippen LogP contribution in [0.25, 0.3) is 0 Å². The maximum atomic E-state index is 13.0. The van der Waals surface area contributed by atoms with Gasteiger partial charge in [0, 0.05) is 29.4 Å². The highest BCUT2D eigenvalue weighted by atomic mass is 35.5. The molecular weight excluding hydrogens is 433 g/mol. The van der Waals surface area contributed by atoms with Crippen LogP contribution in [-0.2, 0) is 10.0 Å². The molecule has 0 radical (unpaired) electrons. The fourth-order valence-electron chi connectivity index (χ4n) is 3.32. The van der Waals surface area contributed by atoms with Crippen molar-refractivity contribution in [3.8, 4) is 0 Å². The summed E-state index contributed by atoms with van der Waals surface area (Å²) in [5.74, 6) is -0.223. The van der Waals surface area contributed by atoms with Crippen molar-refractivity contribution in [3.63, 3.8) is 0 Å². The summed E-state index contributed by atoms with van der Waals surface area (Å²) in [5, 5.41) is 0.542. The Morgan fingerprint density at radius 2 is 1.72 bits per heavy atom. The quantitative estimate of drug-likeness (QED) is 0.740. The molecule has 1 fully saturated rings. The number of halogens is 2. The number of likely N-dealkylation sites (tertiary alicyclic amines) is 1. The van der Waals surface area contributed by atoms with Crippen LogP contribution in [-0.4, -0.2) is 57.4 Å². The summed E-state index contributed by atoms with van der Waals surface area (Å²) in [6, 6.07) is 10.7. The Kier molecular flexibility index (Phi) is 6.73. The van der Waals surface area contributed by atoms with Gasteiger partial charge in [-0.25, -0.2) is 8.42 Å². The predicted octanol–water partition coefficient (Wildman–Crippen LogP) is 3.96. The zero-order valence-electron chi connectivity index (χ0n) is 16.2. The maximum absolute atomic E-state index is 13.0. The number of benzene rings is 2. The van der Waals surface area contributed by atoms with Gasteiger partial charge >= 0.3 is 0 Å². The Hall–Kier alpha value is -1.80. The molecule has 29 heavy (non-hydrogen) atoms. The minimum Gasteiger partial charge on any atom is -0.339 e. The van der Waals surface area contributed by atoms with E-state index in [0.717, 1.165) is 25.9 Å². The van der Waals surface area contributed by atoms with E-state index in [-0.39, 0.29) is 27.4 Å². The molecule has 0 atom stereocenters. The monoisotopic (exact) mass is 455 g/mol. The Labute approximate surface area is 181 Å². The highest BCUT2D eigenvalue weighted by molar-refractivity contribution is 7.92. The van der Waals surface area contributed by atoms with Gasteiger partial charge in [0.05, 0.1) is 5.02 Å². The van der Waals surface area contributed by atoms with Gasteiger partial charge in [-0.15, -0.1) is 0 Å². The topological polar surface area (TPSA) is 69.7 Å². The lowest BCUT2D eigenvalue weighted by Crippen LogP contribution is -2.44. The predicted molar refractivity (Wildman–Crippen MR) is 116 cm³/mol. The summed E-state index contributed by atoms with van der Waals surface area (Å²) < 4.78 is 28.1. The number of piperidine rings is 1. The van der Waals surface area contributed by atoms with Crippen molar-refractivity contribution in [2.24, 2.45) is 0 Å². The lowest BCUT2D eigenvalue weighted by molar-refractivity contribution is 0.0659. The van der Waals surface area contributed by atoms with Crippen molar-refractivity contribution in [2.75, 3.05) is 31.9 Å². The first-order chi connectivity index (χ1) is 13.7. The average Bonchev–Trinajstić information content (AvgIpc) is 2.69. The first-order valence-corrected chi connectivity index (χ1v) is 11.4. The largest absolute Gasteiger partial charge is 0.339 e. The zero-order valence-corrected chi connectivity index (χ0v) is 18.6. The van der Waals surface area contributed by atoms with Crippen LogP contribution in [0.5, 0.6) is 0 Å². The van der Waals surface area contributed by atoms with E-state index in [2.05, 4.69) is 16.7 Å². The van der Waals surface area contributed by atoms with Crippen LogP contribution in [0.15, 0.2) is 47.4 Å². The molecule has 2 aromatic carbocycles. The molecule has 1 heterocycles. The number of amides is 1. The van der Waals surface area contributed by atoms with E-state index in [1.54, 1.807) is 42.3 Å². The Bertz CT molecular complexity index is 989. The molecule has 0 aliphatic carbocycles. The van der Waals surface area contributed by atoms with Gasteiger partial charge in [-0.05, 0) is 75.4 Å². The molecule has 2 aromatic rings. The first kappa shape index (κ1) is 21.9. The van der Waals surface area contributed by atoms with E-state index < -0.39 is 10.0 Å². The van der Waals surface area contributed by atoms with E-state index in [9.17, 15) is 13.2 Å². The molecule has 0 aromatic heterocycles. The minimum atomic E-state index is -3.97. The van der Waals surface area contributed by atoms with Gasteiger partial charge in [0.25, 0.3) is 15.9 Å². The molecule has 6 nitrogen and oxygen atoms in total. The second kappa shape index (κ2) is 8.92. The van der Waals surface area contributed by atoms with Gasteiger partial charge in [0.15, 0.2) is 0 Å². The van der Waals surface area contributed by atoms with E-state index >= 15 is 0 Å². The lowest BCUT2D eigenvalue weighted by Gasteiger charge is -2.35. The SMILES string of the molecule is CN1CCC(N(C)C(=O)c2ccc(Cl)c(S(=O)(=O)Nc3ccc(Cl)cc3)c2)CC1. The van der Waals surface area contributed by atoms with Crippen molar-refractivity contribution in [1.29, 1.82) is 0 Å². The van der Waals surface area contributed by atoms with E-state index in [1.165, 1.54) is 12.1 Å². The number of hydrogen-bond donors (Lipinski definition) is 1. The standard InChI is InChI=1S/C20H23Cl2N3O3S/c1-24-11-9-17(10-12-24)25(2)20(26)14-3-8-18(22)19(13-14)29(27,28)23-16-6-4-15(21)5-7-16/h3-8,13,17,23H,9-12H2,1-2H3. The number of carbonyl (C=O) groups excluding carboxylic acids is 1. The average molecular weight is 456 g/mol. The van der Waals surface area contributed by atoms with E-state index in [4.69, 9.17) is 23.2 Å². The van der Waals surface area contributed by atoms with E-state index in [0.29, 0.717) is 10.7 Å². The highest BCUT2D eigenvalue weighted by Gasteiger charge is 2.26. The lowest BCUT2D eigenvalue weighted by atomic mass is 10.0. The fourth-order valence-corrected chi connectivity index (χ4v) is 5.03. The third-order valence-corrected chi connectivity index (χ3v) is 7.24. The number of rotatable bonds is 5. The zero-order chi connectivity index (χ0) is 21.2. The number of carbonyl (C=O) groups is 1. The highest BCUT2D eigenvalue weighted by Crippen LogP contribution is 2.27. The molecular formula is C20H23Cl2N3O3S. The number of sulfonamides is 1. The van der Waals surface area contributed by atoms with Crippen molar-refractivity contribution in [3.05, 3.63) is 58.1 Å². The molecule has 0 spiro atoms. The summed E-state index contributed by atoms with van der Waals surface area (Å²) in [7, 11) is -0.159. The fraction of sp³-hybridized carbons (Fsp3) is 0.350. The summed E-state index contributed by atoms with van der Waals surface area (Å²) >= 11 is 12.0. The molecule has 0 unspecified atom stereocenters. The molecule has 0 bridgehead atoms. The van der Waals surface area contributed by atoms with Crippen molar-refractivity contribution < 1.29 is 13.2 Å². The van der Waals surface area contributed by atoms with Gasteiger partial charge in [-0.3, -0.25) is 9.52 Å². The third-order valence-electron chi connectivity index (χ3n) is 5.12. The van der Waals surface area contributed by atoms with E-state index in [1.807, 2.05) is 0 Å². The van der Waals surface area contributed by atoms with Crippen molar-refractivity contribution >= 4 is 44.8 Å². The summed E-state index contributed by atoms with van der Waals surface area (Å²) in [6.07, 6.45) is 1.77. The maximum Gasteiger partial charge on any atom is 0.263 e. The molecule has 156 valence electrons. The summed E-state index contributed by atoms with van der Waals surface area (Å²) in [4.78, 5) is 16.7. The Morgan fingerprint density at radius 3 is 2.34 bits per heavy atom. The molecule has 0 saturated carbocycles. The number of hydrogen-bond acceptors (Lipinski definition) is 4. The normalized spacial score (nSPS) is 15.9. The number of nitrogens with zero attached hydrogens (tertiary/aromatic N) is 2. The van der Waals surface area contributed by atoms with Crippen LogP contribution < -0.4 is 4.72 Å². The molecule has 1 N–H and O–H groups in total. The van der Waals surface area contributed by atoms with Crippen LogP contribution in [0, 0.1) is 0 Å². The van der Waals surface area contributed by atoms with Gasteiger partial charge < -0.3 is 9.80 Å². The van der Waals surface area contributed by atoms with Crippen LogP contribution >= 0.6 is 23.2 Å². The van der Waals surface area contributed by atoms with Crippen LogP contribution in [0.4, 0.5) is 5.69 Å². The van der Waals surface area contributed by atoms with Crippen molar-refractivity contribution in [2.45, 2.75) is 23.8 Å². The smallest absolute Gasteiger partial charge is 0.263 e. The van der Waals surface area contributed by atoms with Gasteiger partial charge in [0.1, 0.15) is 4.90 Å². The van der Waals surface area contributed by atoms with Crippen LogP contribution in [0.3, 0.4) is 0 Å². The Morgan fingerprint density at radius 1 is 1.10 bits per heavy atom. The first-order valence-electron chi connectivity index (χ1n) is 9.21. The summed E-state index contributed by atoms with van der Waals surface area (Å²) in [5.41, 5.74) is 0.637. The van der Waals surface area contributed by atoms with Crippen LogP contribution in [0.1, 0.15) is 23.2 Å². The second-order valence-corrected chi connectivity index (χ2v) is 9.70. The second-order valence-electron chi connectivity index (χ2n) is 7.21. The number of anilines is 1. The molecule has 9 heteroatoms. The molecule has 1 aliphatic rings. The van der Waals surface area contributed by atoms with Crippen molar-refractivity contribution in [1.82, 2.24) is 9.80 Å². The van der Waals surface area contributed by atoms with Gasteiger partial charge in [-0.2, -0.15) is 0 Å². The Balaban J connectivity index is 1.83. The van der Waals surface area contributed by atoms with Gasteiger partial charge in [0.2, 0.25) is 0 Å². The molecule has 1 aliphatic heterocycles. The molecule has 1 saturated heterocycles. The third kappa shape index (κ3) is 5.22. The number of nitrogens with one attached hydrogen (secondary N) is 1. The van der Waals surface area contributed by atoms with Crippen LogP contribution in [0.2, 0.25) is 10.0 Å². The molecule has 3 rings (SSSR count). The minimum absolute atomic E-state index is 0.0463. The van der Waals surface area contributed by atoms with Gasteiger partial charge in [-0.1, -0.05) is 23.2 Å². The molecule has 1 amide bonds. The summed E-state index contributed by atoms with van der Waals surface area (Å²) in [6.45, 7) is 1.85.